The number of hydrogen-bond donors (Lipinski definition) is 3. The van der Waals surface area contributed by atoms with E-state index in [0.29, 0.717) is 30.1 Å². The van der Waals surface area contributed by atoms with Crippen LogP contribution in [0, 0.1) is 28.6 Å². The minimum absolute atomic E-state index is 0.0375. The van der Waals surface area contributed by atoms with Crippen LogP contribution in [0.1, 0.15) is 77.2 Å². The molecule has 4 rings (SSSR count). The van der Waals surface area contributed by atoms with Gasteiger partial charge in [0.15, 0.2) is 0 Å². The van der Waals surface area contributed by atoms with E-state index in [0.717, 1.165) is 50.5 Å². The van der Waals surface area contributed by atoms with Crippen molar-refractivity contribution in [2.24, 2.45) is 28.8 Å². The lowest BCUT2D eigenvalue weighted by molar-refractivity contribution is -0.132. The van der Waals surface area contributed by atoms with Gasteiger partial charge in [0.2, 0.25) is 11.8 Å². The smallest absolute Gasteiger partial charge is 0.242 e. The Morgan fingerprint density at radius 3 is 2.14 bits per heavy atom. The van der Waals surface area contributed by atoms with Gasteiger partial charge in [-0.05, 0) is 67.6 Å². The third kappa shape index (κ3) is 10.3. The molecule has 0 bridgehead atoms. The monoisotopic (exact) mass is 623 g/mol. The van der Waals surface area contributed by atoms with E-state index in [1.807, 2.05) is 62.4 Å². The fraction of sp³-hybridized carbons (Fsp3) is 0.600. The lowest BCUT2D eigenvalue weighted by Crippen LogP contribution is -2.58. The average Bonchev–Trinajstić information content (AvgIpc) is 3.86. The maximum Gasteiger partial charge on any atom is 0.242 e. The summed E-state index contributed by atoms with van der Waals surface area (Å²) in [7, 11) is -1.40. The van der Waals surface area contributed by atoms with Crippen LogP contribution in [-0.4, -0.2) is 51.1 Å². The first-order valence-corrected chi connectivity index (χ1v) is 17.7. The van der Waals surface area contributed by atoms with E-state index in [2.05, 4.69) is 15.8 Å². The fourth-order valence-electron chi connectivity index (χ4n) is 6.39. The van der Waals surface area contributed by atoms with E-state index < -0.39 is 40.9 Å². The van der Waals surface area contributed by atoms with Crippen molar-refractivity contribution in [3.05, 3.63) is 71.1 Å². The Balaban J connectivity index is 1.53. The lowest BCUT2D eigenvalue weighted by Gasteiger charge is -2.37. The fourth-order valence-corrected chi connectivity index (χ4v) is 7.68. The number of carbonyl (C=O) groups excluding carboxylic acids is 2. The number of nitrogens with zero attached hydrogens (tertiary/aromatic N) is 1. The lowest BCUT2D eigenvalue weighted by atomic mass is 9.79. The molecule has 0 heterocycles. The van der Waals surface area contributed by atoms with E-state index in [9.17, 15) is 23.8 Å². The maximum atomic E-state index is 14.0. The van der Waals surface area contributed by atoms with Crippen LogP contribution in [0.25, 0.3) is 0 Å². The number of amides is 2. The van der Waals surface area contributed by atoms with Gasteiger partial charge < -0.3 is 15.7 Å². The molecule has 2 aromatic rings. The molecule has 44 heavy (non-hydrogen) atoms. The number of nitroso groups, excluding NO2 is 1. The van der Waals surface area contributed by atoms with Crippen molar-refractivity contribution < 1.29 is 18.9 Å². The molecule has 2 aromatic carbocycles. The van der Waals surface area contributed by atoms with Crippen molar-refractivity contribution in [2.45, 2.75) is 107 Å². The Kier molecular flexibility index (Phi) is 13.1. The second-order valence-electron chi connectivity index (χ2n) is 13.2. The number of benzene rings is 2. The van der Waals surface area contributed by atoms with Gasteiger partial charge in [-0.3, -0.25) is 13.8 Å². The molecular weight excluding hydrogens is 574 g/mol. The molecule has 0 radical (unpaired) electrons. The quantitative estimate of drug-likeness (QED) is 0.200. The second kappa shape index (κ2) is 17.0. The van der Waals surface area contributed by atoms with Gasteiger partial charge >= 0.3 is 0 Å². The summed E-state index contributed by atoms with van der Waals surface area (Å²) in [6, 6.07) is 16.6. The largest absolute Gasteiger partial charge is 0.389 e. The second-order valence-corrected chi connectivity index (χ2v) is 14.7. The summed E-state index contributed by atoms with van der Waals surface area (Å²) >= 11 is 0. The molecular formula is C35H49N3O5S. The number of carbonyl (C=O) groups is 2. The Morgan fingerprint density at radius 2 is 1.55 bits per heavy atom. The zero-order valence-electron chi connectivity index (χ0n) is 26.1. The molecule has 0 aliphatic heterocycles. The Morgan fingerprint density at radius 1 is 0.909 bits per heavy atom. The molecule has 2 aliphatic carbocycles. The molecule has 6 atom stereocenters. The minimum atomic E-state index is -1.40. The summed E-state index contributed by atoms with van der Waals surface area (Å²) in [5.74, 6) is -0.565. The van der Waals surface area contributed by atoms with E-state index in [4.69, 9.17) is 0 Å². The summed E-state index contributed by atoms with van der Waals surface area (Å²) in [6.07, 6.45) is 7.10. The van der Waals surface area contributed by atoms with Crippen LogP contribution in [0.3, 0.4) is 0 Å². The normalized spacial score (nSPS) is 19.7. The molecule has 0 spiro atoms. The molecule has 240 valence electrons. The van der Waals surface area contributed by atoms with Gasteiger partial charge in [-0.1, -0.05) is 99.7 Å². The summed E-state index contributed by atoms with van der Waals surface area (Å²) in [6.45, 7) is 3.97. The molecule has 2 saturated carbocycles. The zero-order chi connectivity index (χ0) is 31.5. The number of rotatable bonds is 17. The van der Waals surface area contributed by atoms with Crippen LogP contribution in [0.15, 0.2) is 70.7 Å². The van der Waals surface area contributed by atoms with Gasteiger partial charge in [0.05, 0.1) is 22.8 Å². The zero-order valence-corrected chi connectivity index (χ0v) is 26.9. The van der Waals surface area contributed by atoms with Crippen LogP contribution in [0.5, 0.6) is 0 Å². The summed E-state index contributed by atoms with van der Waals surface area (Å²) in [5.41, 5.74) is 0.957. The van der Waals surface area contributed by atoms with Gasteiger partial charge in [0, 0.05) is 10.6 Å². The number of hydrogen-bond acceptors (Lipinski definition) is 6. The first-order chi connectivity index (χ1) is 21.2. The highest BCUT2D eigenvalue weighted by molar-refractivity contribution is 7.85. The van der Waals surface area contributed by atoms with Gasteiger partial charge in [0.1, 0.15) is 18.2 Å². The number of aliphatic hydroxyl groups excluding tert-OH is 1. The number of nitrogens with one attached hydrogen (secondary N) is 2. The Hall–Kier alpha value is -2.91. The van der Waals surface area contributed by atoms with Crippen molar-refractivity contribution in [1.29, 1.82) is 0 Å². The molecule has 0 aromatic heterocycles. The van der Waals surface area contributed by atoms with Crippen molar-refractivity contribution in [3.63, 3.8) is 0 Å². The van der Waals surface area contributed by atoms with Crippen LogP contribution >= 0.6 is 0 Å². The molecule has 3 unspecified atom stereocenters. The molecule has 3 N–H and O–H groups in total. The third-order valence-corrected chi connectivity index (χ3v) is 10.5. The van der Waals surface area contributed by atoms with Gasteiger partial charge in [0.25, 0.3) is 0 Å². The highest BCUT2D eigenvalue weighted by Gasteiger charge is 2.39. The Bertz CT molecular complexity index is 1220. The number of aliphatic hydroxyl groups is 1. The molecule has 2 fully saturated rings. The third-order valence-electron chi connectivity index (χ3n) is 9.03. The highest BCUT2D eigenvalue weighted by Crippen LogP contribution is 2.34. The predicted molar refractivity (Wildman–Crippen MR) is 174 cm³/mol. The molecule has 8 nitrogen and oxygen atoms in total. The predicted octanol–water partition coefficient (Wildman–Crippen LogP) is 5.55. The van der Waals surface area contributed by atoms with Crippen LogP contribution < -0.4 is 10.6 Å². The van der Waals surface area contributed by atoms with Crippen molar-refractivity contribution in [3.8, 4) is 0 Å². The Labute approximate surface area is 264 Å². The van der Waals surface area contributed by atoms with Gasteiger partial charge in [-0.25, -0.2) is 0 Å². The van der Waals surface area contributed by atoms with Crippen LogP contribution in [0.2, 0.25) is 0 Å². The molecule has 2 aliphatic rings. The van der Waals surface area contributed by atoms with E-state index in [1.165, 1.54) is 0 Å². The van der Waals surface area contributed by atoms with Crippen molar-refractivity contribution in [1.82, 2.24) is 10.6 Å². The first kappa shape index (κ1) is 34.0. The molecule has 2 amide bonds. The highest BCUT2D eigenvalue weighted by atomic mass is 32.2. The minimum Gasteiger partial charge on any atom is -0.389 e. The van der Waals surface area contributed by atoms with Crippen LogP contribution in [-0.2, 0) is 26.8 Å². The molecule has 9 heteroatoms. The van der Waals surface area contributed by atoms with Crippen molar-refractivity contribution >= 4 is 22.6 Å². The van der Waals surface area contributed by atoms with Crippen LogP contribution in [0.4, 0.5) is 0 Å². The van der Waals surface area contributed by atoms with Crippen molar-refractivity contribution in [2.75, 3.05) is 5.75 Å². The summed E-state index contributed by atoms with van der Waals surface area (Å²) in [4.78, 5) is 40.3. The SMILES string of the molecule is CC(C)C[C@H](N=O)[C@H](O)C(NC(=O)[C@H](CC1CC1)NC(=O)C(Cc1ccccc1)CS(=O)c1ccccc1)C1CCCCC1. The van der Waals surface area contributed by atoms with E-state index >= 15 is 0 Å². The van der Waals surface area contributed by atoms with Gasteiger partial charge in [-0.15, -0.1) is 0 Å². The maximum absolute atomic E-state index is 14.0. The topological polar surface area (TPSA) is 125 Å². The standard InChI is InChI=1S/C35H49N3O5S/c1-24(2)20-30(38-42)33(39)32(27-14-8-4-9-15-27)37-35(41)31(22-26-18-19-26)36-34(40)28(21-25-12-6-3-7-13-25)23-44(43)29-16-10-5-11-17-29/h3,5-7,10-13,16-17,24,26-28,30-33,39H,4,8-9,14-15,18-23H2,1-2H3,(H,36,40)(H,37,41)/t28?,30-,31-,32?,33-,44?/m0/s1. The average molecular weight is 624 g/mol. The van der Waals surface area contributed by atoms with Gasteiger partial charge in [-0.2, -0.15) is 4.91 Å². The molecule has 0 saturated heterocycles. The van der Waals surface area contributed by atoms with E-state index in [-0.39, 0.29) is 29.4 Å². The summed E-state index contributed by atoms with van der Waals surface area (Å²) in [5, 5.41) is 20.8. The first-order valence-electron chi connectivity index (χ1n) is 16.3. The van der Waals surface area contributed by atoms with E-state index in [1.54, 1.807) is 12.1 Å². The summed E-state index contributed by atoms with van der Waals surface area (Å²) < 4.78 is 13.3.